The molecule has 2 atom stereocenters. The predicted molar refractivity (Wildman–Crippen MR) is 91.8 cm³/mol. The second kappa shape index (κ2) is 9.30. The number of methoxy groups -OCH3 is 1. The number of hydrogen-bond acceptors (Lipinski definition) is 4. The molecule has 1 N–H and O–H groups in total. The van der Waals surface area contributed by atoms with Crippen molar-refractivity contribution in [1.82, 2.24) is 5.32 Å². The lowest BCUT2D eigenvalue weighted by molar-refractivity contribution is -0.148. The highest BCUT2D eigenvalue weighted by Gasteiger charge is 2.23. The molecule has 0 aliphatic heterocycles. The molecular weight excluding hydrogens is 306 g/mol. The van der Waals surface area contributed by atoms with Crippen molar-refractivity contribution < 1.29 is 19.1 Å². The molecule has 0 heterocycles. The molecule has 0 bridgehead atoms. The molecule has 1 fully saturated rings. The molecular formula is C19H27NO4. The molecule has 2 rings (SSSR count). The van der Waals surface area contributed by atoms with E-state index in [0.29, 0.717) is 12.3 Å². The van der Waals surface area contributed by atoms with Gasteiger partial charge in [-0.25, -0.2) is 0 Å². The Morgan fingerprint density at radius 2 is 1.96 bits per heavy atom. The molecule has 1 amide bonds. The predicted octanol–water partition coefficient (Wildman–Crippen LogP) is 2.87. The Morgan fingerprint density at radius 3 is 2.71 bits per heavy atom. The van der Waals surface area contributed by atoms with E-state index in [0.717, 1.165) is 30.6 Å². The van der Waals surface area contributed by atoms with Crippen molar-refractivity contribution in [2.24, 2.45) is 5.92 Å². The monoisotopic (exact) mass is 333 g/mol. The van der Waals surface area contributed by atoms with E-state index in [-0.39, 0.29) is 30.9 Å². The summed E-state index contributed by atoms with van der Waals surface area (Å²) in [5.74, 6) is 0.672. The first-order valence-corrected chi connectivity index (χ1v) is 8.67. The van der Waals surface area contributed by atoms with Crippen molar-refractivity contribution in [1.29, 1.82) is 0 Å². The maximum absolute atomic E-state index is 11.9. The fourth-order valence-electron chi connectivity index (χ4n) is 3.14. The van der Waals surface area contributed by atoms with Crippen LogP contribution in [-0.2, 0) is 20.7 Å². The number of rotatable bonds is 7. The summed E-state index contributed by atoms with van der Waals surface area (Å²) in [7, 11) is 1.60. The molecule has 0 aromatic heterocycles. The lowest BCUT2D eigenvalue weighted by Gasteiger charge is -2.29. The van der Waals surface area contributed by atoms with Crippen molar-refractivity contribution in [3.8, 4) is 5.75 Å². The van der Waals surface area contributed by atoms with Gasteiger partial charge in [0.05, 0.1) is 7.11 Å². The molecule has 0 saturated heterocycles. The Morgan fingerprint density at radius 1 is 1.21 bits per heavy atom. The first-order valence-electron chi connectivity index (χ1n) is 8.67. The number of benzene rings is 1. The van der Waals surface area contributed by atoms with Crippen LogP contribution in [0.5, 0.6) is 5.75 Å². The maximum Gasteiger partial charge on any atom is 0.306 e. The molecule has 0 unspecified atom stereocenters. The lowest BCUT2D eigenvalue weighted by Crippen LogP contribution is -2.42. The van der Waals surface area contributed by atoms with Crippen molar-refractivity contribution >= 4 is 11.9 Å². The average molecular weight is 333 g/mol. The van der Waals surface area contributed by atoms with Crippen molar-refractivity contribution in [2.75, 3.05) is 13.7 Å². The van der Waals surface area contributed by atoms with E-state index in [4.69, 9.17) is 9.47 Å². The van der Waals surface area contributed by atoms with Gasteiger partial charge in [-0.1, -0.05) is 38.0 Å². The van der Waals surface area contributed by atoms with Crippen LogP contribution in [-0.4, -0.2) is 31.6 Å². The van der Waals surface area contributed by atoms with Crippen LogP contribution in [0.15, 0.2) is 24.3 Å². The molecule has 1 aromatic rings. The van der Waals surface area contributed by atoms with Crippen LogP contribution in [0.1, 0.15) is 44.6 Å². The van der Waals surface area contributed by atoms with Gasteiger partial charge in [0.25, 0.3) is 5.91 Å². The maximum atomic E-state index is 11.9. The highest BCUT2D eigenvalue weighted by atomic mass is 16.5. The molecule has 5 heteroatoms. The SMILES string of the molecule is COc1ccccc1CCC(=O)OCC(=O)N[C@@H]1CCCC[C@@H]1C. The minimum Gasteiger partial charge on any atom is -0.496 e. The Kier molecular flexibility index (Phi) is 7.09. The third kappa shape index (κ3) is 5.55. The van der Waals surface area contributed by atoms with E-state index in [1.165, 1.54) is 6.42 Å². The number of aryl methyl sites for hydroxylation is 1. The van der Waals surface area contributed by atoms with Gasteiger partial charge < -0.3 is 14.8 Å². The molecule has 1 aliphatic rings. The zero-order valence-corrected chi connectivity index (χ0v) is 14.5. The van der Waals surface area contributed by atoms with Gasteiger partial charge in [-0.2, -0.15) is 0 Å². The van der Waals surface area contributed by atoms with Crippen molar-refractivity contribution in [3.63, 3.8) is 0 Å². The van der Waals surface area contributed by atoms with Crippen LogP contribution in [0.4, 0.5) is 0 Å². The van der Waals surface area contributed by atoms with Gasteiger partial charge in [0.15, 0.2) is 6.61 Å². The number of ether oxygens (including phenoxy) is 2. The Bertz CT molecular complexity index is 558. The highest BCUT2D eigenvalue weighted by molar-refractivity contribution is 5.80. The van der Waals surface area contributed by atoms with Gasteiger partial charge in [0.2, 0.25) is 0 Å². The van der Waals surface area contributed by atoms with Crippen LogP contribution < -0.4 is 10.1 Å². The van der Waals surface area contributed by atoms with Crippen LogP contribution in [0.2, 0.25) is 0 Å². The Balaban J connectivity index is 1.69. The molecule has 0 spiro atoms. The number of esters is 1. The first-order chi connectivity index (χ1) is 11.6. The molecule has 1 aliphatic carbocycles. The number of amides is 1. The van der Waals surface area contributed by atoms with E-state index in [9.17, 15) is 9.59 Å². The number of para-hydroxylation sites is 1. The molecule has 24 heavy (non-hydrogen) atoms. The normalized spacial score (nSPS) is 20.2. The zero-order valence-electron chi connectivity index (χ0n) is 14.5. The standard InChI is InChI=1S/C19H27NO4/c1-14-7-3-5-9-16(14)20-18(21)13-24-19(22)12-11-15-8-4-6-10-17(15)23-2/h4,6,8,10,14,16H,3,5,7,9,11-13H2,1-2H3,(H,20,21)/t14-,16+/m0/s1. The summed E-state index contributed by atoms with van der Waals surface area (Å²) in [6, 6.07) is 7.78. The minimum absolute atomic E-state index is 0.200. The summed E-state index contributed by atoms with van der Waals surface area (Å²) in [5, 5.41) is 2.98. The van der Waals surface area contributed by atoms with E-state index >= 15 is 0 Å². The van der Waals surface area contributed by atoms with Crippen molar-refractivity contribution in [2.45, 2.75) is 51.5 Å². The quantitative estimate of drug-likeness (QED) is 0.779. The number of hydrogen-bond donors (Lipinski definition) is 1. The average Bonchev–Trinajstić information content (AvgIpc) is 2.60. The first kappa shape index (κ1) is 18.3. The summed E-state index contributed by atoms with van der Waals surface area (Å²) in [6.07, 6.45) is 5.29. The summed E-state index contributed by atoms with van der Waals surface area (Å²) >= 11 is 0. The van der Waals surface area contributed by atoms with Crippen LogP contribution in [0, 0.1) is 5.92 Å². The number of carbonyl (C=O) groups excluding carboxylic acids is 2. The Labute approximate surface area is 143 Å². The molecule has 0 radical (unpaired) electrons. The highest BCUT2D eigenvalue weighted by Crippen LogP contribution is 2.23. The smallest absolute Gasteiger partial charge is 0.306 e. The number of nitrogens with one attached hydrogen (secondary N) is 1. The summed E-state index contributed by atoms with van der Waals surface area (Å²) in [6.45, 7) is 1.96. The second-order valence-corrected chi connectivity index (χ2v) is 6.41. The van der Waals surface area contributed by atoms with Crippen LogP contribution in [0.25, 0.3) is 0 Å². The second-order valence-electron chi connectivity index (χ2n) is 6.41. The summed E-state index contributed by atoms with van der Waals surface area (Å²) < 4.78 is 10.3. The molecule has 5 nitrogen and oxygen atoms in total. The van der Waals surface area contributed by atoms with E-state index in [1.807, 2.05) is 24.3 Å². The lowest BCUT2D eigenvalue weighted by atomic mass is 9.86. The van der Waals surface area contributed by atoms with Crippen LogP contribution >= 0.6 is 0 Å². The van der Waals surface area contributed by atoms with Gasteiger partial charge in [-0.15, -0.1) is 0 Å². The largest absolute Gasteiger partial charge is 0.496 e. The molecule has 1 aromatic carbocycles. The third-order valence-electron chi connectivity index (χ3n) is 4.61. The van der Waals surface area contributed by atoms with Gasteiger partial charge in [-0.3, -0.25) is 9.59 Å². The van der Waals surface area contributed by atoms with Gasteiger partial charge in [0.1, 0.15) is 5.75 Å². The van der Waals surface area contributed by atoms with Gasteiger partial charge >= 0.3 is 5.97 Å². The Hall–Kier alpha value is -2.04. The van der Waals surface area contributed by atoms with E-state index in [2.05, 4.69) is 12.2 Å². The fraction of sp³-hybridized carbons (Fsp3) is 0.579. The molecule has 132 valence electrons. The van der Waals surface area contributed by atoms with Crippen molar-refractivity contribution in [3.05, 3.63) is 29.8 Å². The van der Waals surface area contributed by atoms with E-state index < -0.39 is 0 Å². The molecule has 1 saturated carbocycles. The summed E-state index contributed by atoms with van der Waals surface area (Å²) in [4.78, 5) is 23.8. The number of carbonyl (C=O) groups is 2. The van der Waals surface area contributed by atoms with Gasteiger partial charge in [0, 0.05) is 12.5 Å². The third-order valence-corrected chi connectivity index (χ3v) is 4.61. The van der Waals surface area contributed by atoms with Gasteiger partial charge in [-0.05, 0) is 36.8 Å². The van der Waals surface area contributed by atoms with Crippen LogP contribution in [0.3, 0.4) is 0 Å². The fourth-order valence-corrected chi connectivity index (χ4v) is 3.14. The zero-order chi connectivity index (χ0) is 17.4. The topological polar surface area (TPSA) is 64.6 Å². The minimum atomic E-state index is -0.368. The summed E-state index contributed by atoms with van der Waals surface area (Å²) in [5.41, 5.74) is 0.956. The van der Waals surface area contributed by atoms with E-state index in [1.54, 1.807) is 7.11 Å².